The van der Waals surface area contributed by atoms with Crippen LogP contribution in [0.3, 0.4) is 0 Å². The average Bonchev–Trinajstić information content (AvgIpc) is 3.10. The zero-order chi connectivity index (χ0) is 16.9. The first-order valence-electron chi connectivity index (χ1n) is 7.02. The summed E-state index contributed by atoms with van der Waals surface area (Å²) in [6.45, 7) is 0.705. The summed E-state index contributed by atoms with van der Waals surface area (Å²) in [6.07, 6.45) is 1.24. The van der Waals surface area contributed by atoms with Gasteiger partial charge in [0.25, 0.3) is 5.91 Å². The smallest absolute Gasteiger partial charge is 0.322 e. The fourth-order valence-corrected chi connectivity index (χ4v) is 1.97. The highest BCUT2D eigenvalue weighted by molar-refractivity contribution is 6.00. The number of nitrogens with zero attached hydrogens (tertiary/aromatic N) is 2. The summed E-state index contributed by atoms with van der Waals surface area (Å²) >= 11 is 0. The van der Waals surface area contributed by atoms with Gasteiger partial charge >= 0.3 is 6.01 Å². The minimum Gasteiger partial charge on any atom is -0.497 e. The number of carbonyl (C=O) groups is 1. The van der Waals surface area contributed by atoms with Crippen LogP contribution in [-0.2, 0) is 14.3 Å². The van der Waals surface area contributed by atoms with Gasteiger partial charge in [0.2, 0.25) is 11.6 Å². The number of amides is 1. The summed E-state index contributed by atoms with van der Waals surface area (Å²) in [7, 11) is 3.08. The van der Waals surface area contributed by atoms with Crippen molar-refractivity contribution in [2.24, 2.45) is 0 Å². The Bertz CT molecular complexity index is 748. The predicted octanol–water partition coefficient (Wildman–Crippen LogP) is 1.58. The van der Waals surface area contributed by atoms with Gasteiger partial charge in [-0.25, -0.2) is 0 Å². The van der Waals surface area contributed by atoms with E-state index in [4.69, 9.17) is 23.4 Å². The maximum Gasteiger partial charge on any atom is 0.322 e. The molecule has 0 saturated heterocycles. The van der Waals surface area contributed by atoms with E-state index >= 15 is 0 Å². The van der Waals surface area contributed by atoms with Crippen molar-refractivity contribution in [1.82, 2.24) is 10.2 Å². The lowest BCUT2D eigenvalue weighted by Crippen LogP contribution is -2.21. The molecule has 0 aliphatic carbocycles. The lowest BCUT2D eigenvalue weighted by Gasteiger charge is -2.13. The molecule has 0 radical (unpaired) electrons. The van der Waals surface area contributed by atoms with E-state index < -0.39 is 5.91 Å². The third-order valence-electron chi connectivity index (χ3n) is 3.12. The van der Waals surface area contributed by atoms with Crippen molar-refractivity contribution in [1.29, 1.82) is 0 Å². The van der Waals surface area contributed by atoms with Crippen molar-refractivity contribution in [2.75, 3.05) is 32.8 Å². The molecule has 1 aliphatic rings. The maximum absolute atomic E-state index is 12.0. The molecule has 1 aliphatic heterocycles. The molecule has 1 aromatic carbocycles. The summed E-state index contributed by atoms with van der Waals surface area (Å²) < 4.78 is 26.0. The molecule has 0 saturated carbocycles. The molecule has 0 bridgehead atoms. The Labute approximate surface area is 137 Å². The number of ether oxygens (including phenoxy) is 4. The number of hydrogen-bond acceptors (Lipinski definition) is 8. The third kappa shape index (κ3) is 3.40. The Morgan fingerprint density at radius 1 is 1.12 bits per heavy atom. The van der Waals surface area contributed by atoms with Crippen LogP contribution in [0.4, 0.5) is 6.01 Å². The molecule has 9 nitrogen and oxygen atoms in total. The predicted molar refractivity (Wildman–Crippen MR) is 81.5 cm³/mol. The van der Waals surface area contributed by atoms with Crippen LogP contribution in [0.25, 0.3) is 11.5 Å². The van der Waals surface area contributed by atoms with Crippen LogP contribution in [0, 0.1) is 0 Å². The number of hydrogen-bond donors (Lipinski definition) is 1. The van der Waals surface area contributed by atoms with E-state index in [1.54, 1.807) is 18.2 Å². The van der Waals surface area contributed by atoms with Crippen molar-refractivity contribution in [3.8, 4) is 23.0 Å². The first-order valence-corrected chi connectivity index (χ1v) is 7.02. The first-order chi connectivity index (χ1) is 11.7. The Morgan fingerprint density at radius 2 is 1.88 bits per heavy atom. The molecule has 0 fully saturated rings. The normalized spacial score (nSPS) is 13.3. The van der Waals surface area contributed by atoms with Gasteiger partial charge in [0.05, 0.1) is 14.2 Å². The molecule has 0 spiro atoms. The van der Waals surface area contributed by atoms with Gasteiger partial charge < -0.3 is 23.4 Å². The Hall–Kier alpha value is -3.23. The number of carbonyl (C=O) groups excluding carboxylic acids is 1. The summed E-state index contributed by atoms with van der Waals surface area (Å²) in [4.78, 5) is 12.0. The van der Waals surface area contributed by atoms with Crippen molar-refractivity contribution in [2.45, 2.75) is 0 Å². The first kappa shape index (κ1) is 15.7. The van der Waals surface area contributed by atoms with Crippen molar-refractivity contribution < 1.29 is 28.2 Å². The molecule has 0 unspecified atom stereocenters. The van der Waals surface area contributed by atoms with E-state index in [0.717, 1.165) is 0 Å². The minimum atomic E-state index is -0.534. The van der Waals surface area contributed by atoms with E-state index in [2.05, 4.69) is 15.5 Å². The van der Waals surface area contributed by atoms with Crippen LogP contribution in [0.2, 0.25) is 0 Å². The van der Waals surface area contributed by atoms with Crippen molar-refractivity contribution >= 4 is 11.9 Å². The maximum atomic E-state index is 12.0. The summed E-state index contributed by atoms with van der Waals surface area (Å²) in [5.41, 5.74) is 0.593. The number of anilines is 1. The van der Waals surface area contributed by atoms with Crippen molar-refractivity contribution in [3.63, 3.8) is 0 Å². The highest BCUT2D eigenvalue weighted by atomic mass is 16.6. The average molecular weight is 333 g/mol. The monoisotopic (exact) mass is 333 g/mol. The van der Waals surface area contributed by atoms with Crippen LogP contribution in [0.1, 0.15) is 0 Å². The van der Waals surface area contributed by atoms with E-state index in [0.29, 0.717) is 30.3 Å². The SMILES string of the molecule is COc1cc(OC)cc(-c2nnc(NC(=O)C3=COCCO3)o2)c1. The second kappa shape index (κ2) is 6.90. The zero-order valence-corrected chi connectivity index (χ0v) is 13.1. The van der Waals surface area contributed by atoms with Crippen LogP contribution >= 0.6 is 0 Å². The molecule has 3 rings (SSSR count). The molecule has 1 amide bonds. The van der Waals surface area contributed by atoms with Crippen LogP contribution in [0.5, 0.6) is 11.5 Å². The molecular weight excluding hydrogens is 318 g/mol. The van der Waals surface area contributed by atoms with Gasteiger partial charge in [-0.3, -0.25) is 10.1 Å². The highest BCUT2D eigenvalue weighted by Crippen LogP contribution is 2.29. The molecule has 2 heterocycles. The molecule has 24 heavy (non-hydrogen) atoms. The fraction of sp³-hybridized carbons (Fsp3) is 0.267. The summed E-state index contributed by atoms with van der Waals surface area (Å²) in [6, 6.07) is 5.08. The van der Waals surface area contributed by atoms with E-state index in [1.165, 1.54) is 20.5 Å². The molecule has 1 aromatic heterocycles. The number of nitrogens with one attached hydrogen (secondary N) is 1. The molecule has 0 atom stereocenters. The Balaban J connectivity index is 1.78. The molecule has 2 aromatic rings. The summed E-state index contributed by atoms with van der Waals surface area (Å²) in [5, 5.41) is 10.1. The lowest BCUT2D eigenvalue weighted by atomic mass is 10.2. The van der Waals surface area contributed by atoms with Crippen LogP contribution in [0.15, 0.2) is 34.6 Å². The van der Waals surface area contributed by atoms with Gasteiger partial charge in [0.1, 0.15) is 31.0 Å². The Morgan fingerprint density at radius 3 is 2.50 bits per heavy atom. The van der Waals surface area contributed by atoms with Gasteiger partial charge in [-0.1, -0.05) is 5.10 Å². The van der Waals surface area contributed by atoms with Crippen LogP contribution < -0.4 is 14.8 Å². The largest absolute Gasteiger partial charge is 0.497 e. The van der Waals surface area contributed by atoms with Gasteiger partial charge in [0.15, 0.2) is 0 Å². The van der Waals surface area contributed by atoms with Crippen molar-refractivity contribution in [3.05, 3.63) is 30.2 Å². The molecular formula is C15H15N3O6. The molecule has 1 N–H and O–H groups in total. The Kier molecular flexibility index (Phi) is 4.50. The van der Waals surface area contributed by atoms with E-state index in [9.17, 15) is 4.79 Å². The lowest BCUT2D eigenvalue weighted by molar-refractivity contribution is -0.117. The second-order valence-corrected chi connectivity index (χ2v) is 4.67. The third-order valence-corrected chi connectivity index (χ3v) is 3.12. The van der Waals surface area contributed by atoms with Gasteiger partial charge in [0, 0.05) is 11.6 Å². The van der Waals surface area contributed by atoms with Gasteiger partial charge in [-0.2, -0.15) is 0 Å². The van der Waals surface area contributed by atoms with Gasteiger partial charge in [-0.15, -0.1) is 5.10 Å². The molecule has 126 valence electrons. The second-order valence-electron chi connectivity index (χ2n) is 4.67. The number of benzene rings is 1. The summed E-state index contributed by atoms with van der Waals surface area (Å²) in [5.74, 6) is 0.867. The van der Waals surface area contributed by atoms with Crippen LogP contribution in [-0.4, -0.2) is 43.5 Å². The number of aromatic nitrogens is 2. The quantitative estimate of drug-likeness (QED) is 0.879. The van der Waals surface area contributed by atoms with E-state index in [1.807, 2.05) is 0 Å². The van der Waals surface area contributed by atoms with E-state index in [-0.39, 0.29) is 17.7 Å². The number of rotatable bonds is 5. The number of methoxy groups -OCH3 is 2. The van der Waals surface area contributed by atoms with Gasteiger partial charge in [-0.05, 0) is 12.1 Å². The minimum absolute atomic E-state index is 0.0454. The zero-order valence-electron chi connectivity index (χ0n) is 13.1. The standard InChI is InChI=1S/C15H15N3O6/c1-20-10-5-9(6-11(7-10)21-2)14-17-18-15(24-14)16-13(19)12-8-22-3-4-23-12/h5-8H,3-4H2,1-2H3,(H,16,18,19). The topological polar surface area (TPSA) is 105 Å². The highest BCUT2D eigenvalue weighted by Gasteiger charge is 2.19. The fourth-order valence-electron chi connectivity index (χ4n) is 1.97. The molecule has 9 heteroatoms.